The summed E-state index contributed by atoms with van der Waals surface area (Å²) >= 11 is 0. The molecular weight excluding hydrogens is 232 g/mol. The lowest BCUT2D eigenvalue weighted by Gasteiger charge is -2.33. The van der Waals surface area contributed by atoms with E-state index in [0.29, 0.717) is 6.04 Å². The van der Waals surface area contributed by atoms with Crippen molar-refractivity contribution in [3.63, 3.8) is 0 Å². The highest BCUT2D eigenvalue weighted by atomic mass is 14.9. The molecule has 19 heavy (non-hydrogen) atoms. The molecule has 104 valence electrons. The standard InChI is InChI=1S/C17H26N2/c1-3-5-15(6-4-2)17-16-11-13(12-18)7-8-14(16)9-10-19-17/h7-8,11-12,15,17-19H,3-6,9-10H2,1-2H3. The van der Waals surface area contributed by atoms with Crippen molar-refractivity contribution in [1.29, 1.82) is 5.41 Å². The number of hydrogen-bond donors (Lipinski definition) is 2. The van der Waals surface area contributed by atoms with Crippen LogP contribution in [0.5, 0.6) is 0 Å². The van der Waals surface area contributed by atoms with E-state index in [2.05, 4.69) is 37.4 Å². The summed E-state index contributed by atoms with van der Waals surface area (Å²) < 4.78 is 0. The molecule has 1 aliphatic heterocycles. The Balaban J connectivity index is 2.30. The minimum atomic E-state index is 0.489. The molecule has 0 aromatic heterocycles. The van der Waals surface area contributed by atoms with E-state index < -0.39 is 0 Å². The first-order valence-electron chi connectivity index (χ1n) is 7.66. The third kappa shape index (κ3) is 3.24. The highest BCUT2D eigenvalue weighted by Crippen LogP contribution is 2.34. The normalized spacial score (nSPS) is 18.4. The van der Waals surface area contributed by atoms with Crippen LogP contribution in [0.2, 0.25) is 0 Å². The topological polar surface area (TPSA) is 35.9 Å². The summed E-state index contributed by atoms with van der Waals surface area (Å²) in [4.78, 5) is 0. The summed E-state index contributed by atoms with van der Waals surface area (Å²) in [7, 11) is 0. The zero-order valence-electron chi connectivity index (χ0n) is 12.2. The second-order valence-corrected chi connectivity index (χ2v) is 5.62. The molecule has 0 amide bonds. The monoisotopic (exact) mass is 258 g/mol. The summed E-state index contributed by atoms with van der Waals surface area (Å²) in [6.45, 7) is 5.65. The van der Waals surface area contributed by atoms with Crippen LogP contribution < -0.4 is 5.32 Å². The predicted molar refractivity (Wildman–Crippen MR) is 82.1 cm³/mol. The summed E-state index contributed by atoms with van der Waals surface area (Å²) in [6, 6.07) is 7.00. The highest BCUT2D eigenvalue weighted by Gasteiger charge is 2.26. The number of rotatable bonds is 6. The highest BCUT2D eigenvalue weighted by molar-refractivity contribution is 5.77. The van der Waals surface area contributed by atoms with Crippen molar-refractivity contribution >= 4 is 6.21 Å². The third-order valence-corrected chi connectivity index (χ3v) is 4.22. The van der Waals surface area contributed by atoms with Crippen molar-refractivity contribution in [2.75, 3.05) is 6.54 Å². The molecule has 0 radical (unpaired) electrons. The van der Waals surface area contributed by atoms with Crippen LogP contribution in [-0.4, -0.2) is 12.8 Å². The van der Waals surface area contributed by atoms with Gasteiger partial charge in [-0.15, -0.1) is 0 Å². The van der Waals surface area contributed by atoms with Gasteiger partial charge in [0.15, 0.2) is 0 Å². The van der Waals surface area contributed by atoms with Crippen LogP contribution in [-0.2, 0) is 6.42 Å². The van der Waals surface area contributed by atoms with Gasteiger partial charge in [0, 0.05) is 12.3 Å². The van der Waals surface area contributed by atoms with Gasteiger partial charge in [-0.1, -0.05) is 38.8 Å². The van der Waals surface area contributed by atoms with Crippen LogP contribution >= 0.6 is 0 Å². The average Bonchev–Trinajstić information content (AvgIpc) is 2.46. The molecule has 1 unspecified atom stereocenters. The molecule has 2 heteroatoms. The van der Waals surface area contributed by atoms with Gasteiger partial charge in [-0.25, -0.2) is 0 Å². The molecule has 1 aliphatic rings. The van der Waals surface area contributed by atoms with Gasteiger partial charge in [-0.05, 0) is 54.5 Å². The molecule has 1 aromatic rings. The van der Waals surface area contributed by atoms with Crippen molar-refractivity contribution in [3.8, 4) is 0 Å². The van der Waals surface area contributed by atoms with Gasteiger partial charge in [0.2, 0.25) is 0 Å². The minimum absolute atomic E-state index is 0.489. The van der Waals surface area contributed by atoms with Crippen molar-refractivity contribution < 1.29 is 0 Å². The Hall–Kier alpha value is -1.15. The molecule has 0 bridgehead atoms. The first-order valence-corrected chi connectivity index (χ1v) is 7.66. The molecule has 0 saturated heterocycles. The molecule has 2 N–H and O–H groups in total. The number of hydrogen-bond acceptors (Lipinski definition) is 2. The van der Waals surface area contributed by atoms with Gasteiger partial charge in [-0.3, -0.25) is 0 Å². The first-order chi connectivity index (χ1) is 9.30. The molecular formula is C17H26N2. The van der Waals surface area contributed by atoms with E-state index >= 15 is 0 Å². The largest absolute Gasteiger partial charge is 0.309 e. The molecule has 0 fully saturated rings. The second kappa shape index (κ2) is 6.85. The van der Waals surface area contributed by atoms with Crippen LogP contribution in [0.25, 0.3) is 0 Å². The Bertz CT molecular complexity index is 419. The van der Waals surface area contributed by atoms with Crippen LogP contribution in [0, 0.1) is 11.3 Å². The fourth-order valence-corrected chi connectivity index (χ4v) is 3.33. The Kier molecular flexibility index (Phi) is 5.15. The smallest absolute Gasteiger partial charge is 0.0351 e. The Morgan fingerprint density at radius 1 is 1.32 bits per heavy atom. The van der Waals surface area contributed by atoms with Gasteiger partial charge in [0.05, 0.1) is 0 Å². The maximum atomic E-state index is 7.45. The van der Waals surface area contributed by atoms with E-state index in [9.17, 15) is 0 Å². The van der Waals surface area contributed by atoms with Crippen molar-refractivity contribution in [3.05, 3.63) is 34.9 Å². The second-order valence-electron chi connectivity index (χ2n) is 5.62. The average molecular weight is 258 g/mol. The van der Waals surface area contributed by atoms with Crippen LogP contribution in [0.4, 0.5) is 0 Å². The summed E-state index contributed by atoms with van der Waals surface area (Å²) in [5.41, 5.74) is 3.95. The molecule has 2 rings (SSSR count). The third-order valence-electron chi connectivity index (χ3n) is 4.22. The van der Waals surface area contributed by atoms with E-state index in [0.717, 1.165) is 24.4 Å². The van der Waals surface area contributed by atoms with E-state index in [4.69, 9.17) is 5.41 Å². The fraction of sp³-hybridized carbons (Fsp3) is 0.588. The van der Waals surface area contributed by atoms with Crippen molar-refractivity contribution in [2.45, 2.75) is 52.0 Å². The summed E-state index contributed by atoms with van der Waals surface area (Å²) in [6.07, 6.45) is 7.67. The number of nitrogens with one attached hydrogen (secondary N) is 2. The van der Waals surface area contributed by atoms with Crippen LogP contribution in [0.1, 0.15) is 62.3 Å². The lowest BCUT2D eigenvalue weighted by molar-refractivity contribution is 0.306. The molecule has 0 aliphatic carbocycles. The zero-order valence-corrected chi connectivity index (χ0v) is 12.2. The predicted octanol–water partition coefficient (Wildman–Crippen LogP) is 4.09. The van der Waals surface area contributed by atoms with Gasteiger partial charge in [0.1, 0.15) is 0 Å². The zero-order chi connectivity index (χ0) is 13.7. The van der Waals surface area contributed by atoms with Gasteiger partial charge in [0.25, 0.3) is 0 Å². The first kappa shape index (κ1) is 14.3. The lowest BCUT2D eigenvalue weighted by atomic mass is 9.81. The minimum Gasteiger partial charge on any atom is -0.309 e. The van der Waals surface area contributed by atoms with E-state index in [1.807, 2.05) is 0 Å². The van der Waals surface area contributed by atoms with E-state index in [-0.39, 0.29) is 0 Å². The van der Waals surface area contributed by atoms with Gasteiger partial charge in [-0.2, -0.15) is 0 Å². The molecule has 0 spiro atoms. The molecule has 1 heterocycles. The maximum absolute atomic E-state index is 7.45. The number of fused-ring (bicyclic) bond motifs is 1. The van der Waals surface area contributed by atoms with Crippen molar-refractivity contribution in [2.24, 2.45) is 5.92 Å². The molecule has 2 nitrogen and oxygen atoms in total. The fourth-order valence-electron chi connectivity index (χ4n) is 3.33. The quantitative estimate of drug-likeness (QED) is 0.741. The molecule has 1 atom stereocenters. The maximum Gasteiger partial charge on any atom is 0.0351 e. The Morgan fingerprint density at radius 2 is 2.05 bits per heavy atom. The SMILES string of the molecule is CCCC(CCC)C1NCCc2ccc(C=N)cc21. The van der Waals surface area contributed by atoms with Crippen LogP contribution in [0.15, 0.2) is 18.2 Å². The van der Waals surface area contributed by atoms with Gasteiger partial charge >= 0.3 is 0 Å². The van der Waals surface area contributed by atoms with Gasteiger partial charge < -0.3 is 10.7 Å². The number of benzene rings is 1. The molecule has 1 aromatic carbocycles. The Labute approximate surface area is 117 Å². The van der Waals surface area contributed by atoms with Crippen LogP contribution in [0.3, 0.4) is 0 Å². The van der Waals surface area contributed by atoms with E-state index in [1.54, 1.807) is 0 Å². The molecule has 0 saturated carbocycles. The summed E-state index contributed by atoms with van der Waals surface area (Å²) in [5.74, 6) is 0.732. The summed E-state index contributed by atoms with van der Waals surface area (Å²) in [5, 5.41) is 11.2. The van der Waals surface area contributed by atoms with Crippen molar-refractivity contribution in [1.82, 2.24) is 5.32 Å². The lowest BCUT2D eigenvalue weighted by Crippen LogP contribution is -2.35. The van der Waals surface area contributed by atoms with E-state index in [1.165, 1.54) is 43.0 Å². The Morgan fingerprint density at radius 3 is 2.68 bits per heavy atom.